The van der Waals surface area contributed by atoms with Crippen molar-refractivity contribution in [2.45, 2.75) is 12.0 Å². The number of ether oxygens (including phenoxy) is 2. The second-order valence-electron chi connectivity index (χ2n) is 7.93. The van der Waals surface area contributed by atoms with E-state index in [1.54, 1.807) is 19.3 Å². The van der Waals surface area contributed by atoms with Gasteiger partial charge >= 0.3 is 5.97 Å². The molecule has 0 radical (unpaired) electrons. The lowest BCUT2D eigenvalue weighted by molar-refractivity contribution is 0.0367. The molecule has 4 aromatic carbocycles. The van der Waals surface area contributed by atoms with E-state index in [4.69, 9.17) is 9.47 Å². The molecule has 3 nitrogen and oxygen atoms in total. The average Bonchev–Trinajstić information content (AvgIpc) is 2.93. The van der Waals surface area contributed by atoms with E-state index >= 15 is 0 Å². The number of hydrogen-bond donors (Lipinski definition) is 0. The molecule has 0 heterocycles. The fourth-order valence-corrected chi connectivity index (χ4v) is 3.92. The third kappa shape index (κ3) is 5.88. The molecule has 4 rings (SSSR count). The molecular weight excluding hydrogens is 432 g/mol. The molecule has 0 bridgehead atoms. The minimum Gasteiger partial charge on any atom is -0.497 e. The maximum absolute atomic E-state index is 13.3. The van der Waals surface area contributed by atoms with Crippen LogP contribution in [0.4, 0.5) is 0 Å². The van der Waals surface area contributed by atoms with Gasteiger partial charge in [-0.1, -0.05) is 97.3 Å². The second kappa shape index (κ2) is 11.5. The predicted molar refractivity (Wildman–Crippen MR) is 140 cm³/mol. The molecule has 35 heavy (non-hydrogen) atoms. The Hall–Kier alpha value is -4.55. The highest BCUT2D eigenvalue weighted by atomic mass is 16.5. The van der Waals surface area contributed by atoms with E-state index in [1.807, 2.05) is 103 Å². The van der Waals surface area contributed by atoms with Crippen molar-refractivity contribution in [1.29, 1.82) is 0 Å². The molecular formula is C32H26O3. The van der Waals surface area contributed by atoms with Crippen LogP contribution in [0.5, 0.6) is 5.75 Å². The predicted octanol–water partition coefficient (Wildman–Crippen LogP) is 6.64. The first-order valence-corrected chi connectivity index (χ1v) is 11.4. The number of methoxy groups -OCH3 is 1. The first-order chi connectivity index (χ1) is 17.2. The number of hydrogen-bond acceptors (Lipinski definition) is 3. The lowest BCUT2D eigenvalue weighted by Crippen LogP contribution is -2.25. The number of carbonyl (C=O) groups is 1. The lowest BCUT2D eigenvalue weighted by atomic mass is 9.86. The van der Waals surface area contributed by atoms with E-state index in [0.717, 1.165) is 22.4 Å². The Kier molecular flexibility index (Phi) is 7.78. The highest BCUT2D eigenvalue weighted by molar-refractivity contribution is 5.92. The van der Waals surface area contributed by atoms with Crippen molar-refractivity contribution < 1.29 is 14.3 Å². The van der Waals surface area contributed by atoms with Gasteiger partial charge in [0.05, 0.1) is 12.7 Å². The van der Waals surface area contributed by atoms with Gasteiger partial charge in [-0.15, -0.1) is 0 Å². The van der Waals surface area contributed by atoms with Gasteiger partial charge in [0.2, 0.25) is 0 Å². The van der Waals surface area contributed by atoms with Gasteiger partial charge in [0.1, 0.15) is 11.9 Å². The van der Waals surface area contributed by atoms with E-state index in [9.17, 15) is 4.79 Å². The van der Waals surface area contributed by atoms with Gasteiger partial charge in [-0.2, -0.15) is 0 Å². The third-order valence-electron chi connectivity index (χ3n) is 5.70. The number of benzene rings is 4. The normalized spacial score (nSPS) is 11.1. The zero-order chi connectivity index (χ0) is 24.5. The van der Waals surface area contributed by atoms with Crippen LogP contribution in [0.1, 0.15) is 38.5 Å². The van der Waals surface area contributed by atoms with E-state index < -0.39 is 12.1 Å². The van der Waals surface area contributed by atoms with Crippen LogP contribution >= 0.6 is 0 Å². The fourth-order valence-electron chi connectivity index (χ4n) is 3.92. The monoisotopic (exact) mass is 458 g/mol. The molecule has 1 atom stereocenters. The first-order valence-electron chi connectivity index (χ1n) is 11.4. The van der Waals surface area contributed by atoms with E-state index in [0.29, 0.717) is 11.1 Å². The molecule has 0 N–H and O–H groups in total. The molecule has 4 aromatic rings. The van der Waals surface area contributed by atoms with Gasteiger partial charge in [-0.25, -0.2) is 4.79 Å². The molecule has 0 spiro atoms. The standard InChI is InChI=1S/C32H26O3/c1-3-30(31(26-13-6-4-7-14-26)27-15-8-5-9-16-27)35-32(33)29-17-11-10-12-25(29)21-18-24-19-22-28(34-2)23-20-24/h3-17,19-20,22-23,30-31H,1H2,2H3. The van der Waals surface area contributed by atoms with Crippen LogP contribution in [0, 0.1) is 11.8 Å². The van der Waals surface area contributed by atoms with Crippen molar-refractivity contribution in [1.82, 2.24) is 0 Å². The molecule has 0 aliphatic rings. The number of rotatable bonds is 7. The summed E-state index contributed by atoms with van der Waals surface area (Å²) < 4.78 is 11.2. The Bertz CT molecular complexity index is 1290. The summed E-state index contributed by atoms with van der Waals surface area (Å²) in [6, 6.07) is 34.7. The molecule has 3 heteroatoms. The Balaban J connectivity index is 1.62. The van der Waals surface area contributed by atoms with E-state index in [-0.39, 0.29) is 5.92 Å². The highest BCUT2D eigenvalue weighted by Crippen LogP contribution is 2.31. The maximum atomic E-state index is 13.3. The Morgan fingerprint density at radius 3 is 1.91 bits per heavy atom. The highest BCUT2D eigenvalue weighted by Gasteiger charge is 2.27. The molecule has 0 aliphatic carbocycles. The van der Waals surface area contributed by atoms with Crippen LogP contribution in [0.2, 0.25) is 0 Å². The van der Waals surface area contributed by atoms with Crippen molar-refractivity contribution in [2.24, 2.45) is 0 Å². The molecule has 0 saturated heterocycles. The van der Waals surface area contributed by atoms with Crippen LogP contribution in [0.25, 0.3) is 0 Å². The van der Waals surface area contributed by atoms with E-state index in [1.165, 1.54) is 0 Å². The number of carbonyl (C=O) groups excluding carboxylic acids is 1. The number of esters is 1. The quantitative estimate of drug-likeness (QED) is 0.177. The van der Waals surface area contributed by atoms with Gasteiger partial charge in [0.25, 0.3) is 0 Å². The van der Waals surface area contributed by atoms with Crippen LogP contribution in [-0.2, 0) is 4.74 Å². The Labute approximate surface area is 206 Å². The van der Waals surface area contributed by atoms with Gasteiger partial charge in [0.15, 0.2) is 0 Å². The lowest BCUT2D eigenvalue weighted by Gasteiger charge is -2.26. The van der Waals surface area contributed by atoms with Crippen molar-refractivity contribution in [2.75, 3.05) is 7.11 Å². The second-order valence-corrected chi connectivity index (χ2v) is 7.93. The van der Waals surface area contributed by atoms with Gasteiger partial charge in [-0.3, -0.25) is 0 Å². The van der Waals surface area contributed by atoms with Gasteiger partial charge in [-0.05, 0) is 47.5 Å². The summed E-state index contributed by atoms with van der Waals surface area (Å²) in [5, 5.41) is 0. The van der Waals surface area contributed by atoms with Gasteiger partial charge in [0, 0.05) is 17.0 Å². The summed E-state index contributed by atoms with van der Waals surface area (Å²) in [5.74, 6) is 6.37. The van der Waals surface area contributed by atoms with Gasteiger partial charge < -0.3 is 9.47 Å². The molecule has 0 amide bonds. The minimum absolute atomic E-state index is 0.184. The molecule has 1 unspecified atom stereocenters. The van der Waals surface area contributed by atoms with Crippen LogP contribution in [-0.4, -0.2) is 19.2 Å². The summed E-state index contributed by atoms with van der Waals surface area (Å²) in [6.07, 6.45) is 1.13. The summed E-state index contributed by atoms with van der Waals surface area (Å²) in [6.45, 7) is 3.98. The molecule has 172 valence electrons. The Morgan fingerprint density at radius 1 is 0.771 bits per heavy atom. The summed E-state index contributed by atoms with van der Waals surface area (Å²) in [5.41, 5.74) is 3.94. The van der Waals surface area contributed by atoms with Crippen LogP contribution in [0.3, 0.4) is 0 Å². The molecule has 0 aromatic heterocycles. The van der Waals surface area contributed by atoms with Crippen LogP contribution in [0.15, 0.2) is 122 Å². The smallest absolute Gasteiger partial charge is 0.340 e. The minimum atomic E-state index is -0.560. The molecule has 0 saturated carbocycles. The van der Waals surface area contributed by atoms with Crippen molar-refractivity contribution in [3.05, 3.63) is 150 Å². The zero-order valence-corrected chi connectivity index (χ0v) is 19.6. The maximum Gasteiger partial charge on any atom is 0.340 e. The fraction of sp³-hybridized carbons (Fsp3) is 0.0938. The van der Waals surface area contributed by atoms with Crippen molar-refractivity contribution in [3.8, 4) is 17.6 Å². The third-order valence-corrected chi connectivity index (χ3v) is 5.70. The SMILES string of the molecule is C=CC(OC(=O)c1ccccc1C#Cc1ccc(OC)cc1)C(c1ccccc1)c1ccccc1. The first kappa shape index (κ1) is 23.6. The zero-order valence-electron chi connectivity index (χ0n) is 19.6. The summed E-state index contributed by atoms with van der Waals surface area (Å²) in [7, 11) is 1.62. The molecule has 0 fully saturated rings. The largest absolute Gasteiger partial charge is 0.497 e. The molecule has 0 aliphatic heterocycles. The summed E-state index contributed by atoms with van der Waals surface area (Å²) in [4.78, 5) is 13.3. The average molecular weight is 459 g/mol. The van der Waals surface area contributed by atoms with Crippen molar-refractivity contribution in [3.63, 3.8) is 0 Å². The summed E-state index contributed by atoms with van der Waals surface area (Å²) >= 11 is 0. The topological polar surface area (TPSA) is 35.5 Å². The van der Waals surface area contributed by atoms with Crippen molar-refractivity contribution >= 4 is 5.97 Å². The van der Waals surface area contributed by atoms with E-state index in [2.05, 4.69) is 18.4 Å². The van der Waals surface area contributed by atoms with Crippen LogP contribution < -0.4 is 4.74 Å². The Morgan fingerprint density at radius 2 is 1.34 bits per heavy atom.